The van der Waals surface area contributed by atoms with Crippen LogP contribution < -0.4 is 0 Å². The number of likely N-dealkylation sites (tertiary alicyclic amines) is 1. The maximum absolute atomic E-state index is 12.7. The quantitative estimate of drug-likeness (QED) is 0.749. The van der Waals surface area contributed by atoms with Gasteiger partial charge in [0.05, 0.1) is 12.1 Å². The van der Waals surface area contributed by atoms with Crippen molar-refractivity contribution in [1.29, 1.82) is 0 Å². The van der Waals surface area contributed by atoms with Gasteiger partial charge < -0.3 is 19.4 Å². The van der Waals surface area contributed by atoms with Gasteiger partial charge in [-0.15, -0.1) is 0 Å². The number of aromatic nitrogens is 2. The molecule has 1 aromatic heterocycles. The van der Waals surface area contributed by atoms with E-state index in [9.17, 15) is 9.59 Å². The molecule has 1 amide bonds. The first-order valence-electron chi connectivity index (χ1n) is 9.76. The SMILES string of the molecule is CO[C@H]([C@@H](C)C(=O)CCCc1ncc[nH]1)[C@@H]1CCCN1C(=O)OC(C)(C)C. The number of aromatic amines is 1. The summed E-state index contributed by atoms with van der Waals surface area (Å²) in [6, 6.07) is -0.131. The number of ether oxygens (including phenoxy) is 2. The number of ketones is 1. The molecule has 0 bridgehead atoms. The largest absolute Gasteiger partial charge is 0.444 e. The summed E-state index contributed by atoms with van der Waals surface area (Å²) < 4.78 is 11.2. The second-order valence-electron chi connectivity index (χ2n) is 8.23. The fraction of sp³-hybridized carbons (Fsp3) is 0.750. The van der Waals surface area contributed by atoms with Crippen LogP contribution in [-0.2, 0) is 20.7 Å². The van der Waals surface area contributed by atoms with Gasteiger partial charge in [0.2, 0.25) is 0 Å². The zero-order valence-electron chi connectivity index (χ0n) is 17.2. The maximum Gasteiger partial charge on any atom is 0.410 e. The number of carbonyl (C=O) groups excluding carboxylic acids is 2. The molecule has 3 atom stereocenters. The summed E-state index contributed by atoms with van der Waals surface area (Å²) in [6.45, 7) is 8.10. The lowest BCUT2D eigenvalue weighted by Crippen LogP contribution is -2.49. The average molecular weight is 380 g/mol. The van der Waals surface area contributed by atoms with E-state index < -0.39 is 5.60 Å². The van der Waals surface area contributed by atoms with Crippen LogP contribution in [0.3, 0.4) is 0 Å². The number of hydrogen-bond acceptors (Lipinski definition) is 5. The van der Waals surface area contributed by atoms with Crippen LogP contribution in [0, 0.1) is 5.92 Å². The van der Waals surface area contributed by atoms with Crippen LogP contribution in [0.2, 0.25) is 0 Å². The van der Waals surface area contributed by atoms with Crippen molar-refractivity contribution < 1.29 is 19.1 Å². The van der Waals surface area contributed by atoms with Gasteiger partial charge in [-0.3, -0.25) is 4.79 Å². The molecule has 152 valence electrons. The van der Waals surface area contributed by atoms with Crippen LogP contribution in [-0.4, -0.2) is 58.1 Å². The van der Waals surface area contributed by atoms with Crippen molar-refractivity contribution in [1.82, 2.24) is 14.9 Å². The number of H-pyrrole nitrogens is 1. The minimum absolute atomic E-state index is 0.131. The molecular formula is C20H33N3O4. The fourth-order valence-corrected chi connectivity index (χ4v) is 3.65. The van der Waals surface area contributed by atoms with Gasteiger partial charge in [0, 0.05) is 44.8 Å². The predicted octanol–water partition coefficient (Wildman–Crippen LogP) is 3.35. The van der Waals surface area contributed by atoms with Crippen molar-refractivity contribution in [2.75, 3.05) is 13.7 Å². The van der Waals surface area contributed by atoms with Crippen molar-refractivity contribution >= 4 is 11.9 Å². The average Bonchev–Trinajstić information content (AvgIpc) is 3.25. The molecule has 1 aliphatic heterocycles. The smallest absolute Gasteiger partial charge is 0.410 e. The van der Waals surface area contributed by atoms with Gasteiger partial charge in [0.1, 0.15) is 17.2 Å². The highest BCUT2D eigenvalue weighted by Gasteiger charge is 2.40. The highest BCUT2D eigenvalue weighted by atomic mass is 16.6. The summed E-state index contributed by atoms with van der Waals surface area (Å²) in [5.74, 6) is 0.773. The van der Waals surface area contributed by atoms with Gasteiger partial charge in [-0.1, -0.05) is 6.92 Å². The Kier molecular flexibility index (Phi) is 7.41. The Bertz CT molecular complexity index is 609. The summed E-state index contributed by atoms with van der Waals surface area (Å²) in [7, 11) is 1.61. The Morgan fingerprint density at radius 2 is 2.15 bits per heavy atom. The minimum Gasteiger partial charge on any atom is -0.444 e. The maximum atomic E-state index is 12.7. The van der Waals surface area contributed by atoms with Crippen molar-refractivity contribution in [3.8, 4) is 0 Å². The Hall–Kier alpha value is -1.89. The van der Waals surface area contributed by atoms with E-state index in [1.54, 1.807) is 24.4 Å². The van der Waals surface area contributed by atoms with Gasteiger partial charge in [0.15, 0.2) is 0 Å². The molecule has 0 saturated carbocycles. The number of amides is 1. The minimum atomic E-state index is -0.542. The Labute approximate surface area is 161 Å². The molecule has 2 heterocycles. The van der Waals surface area contributed by atoms with E-state index in [0.29, 0.717) is 13.0 Å². The van der Waals surface area contributed by atoms with E-state index in [-0.39, 0.29) is 29.9 Å². The molecule has 1 N–H and O–H groups in total. The number of nitrogens with one attached hydrogen (secondary N) is 1. The van der Waals surface area contributed by atoms with E-state index >= 15 is 0 Å². The molecular weight excluding hydrogens is 346 g/mol. The lowest BCUT2D eigenvalue weighted by Gasteiger charge is -2.34. The highest BCUT2D eigenvalue weighted by Crippen LogP contribution is 2.28. The topological polar surface area (TPSA) is 84.5 Å². The number of Topliss-reactive ketones (excluding diaryl/α,β-unsaturated/α-hetero) is 1. The number of aryl methyl sites for hydroxylation is 1. The van der Waals surface area contributed by atoms with Gasteiger partial charge in [-0.2, -0.15) is 0 Å². The molecule has 1 saturated heterocycles. The zero-order chi connectivity index (χ0) is 20.0. The van der Waals surface area contributed by atoms with Crippen molar-refractivity contribution in [3.05, 3.63) is 18.2 Å². The summed E-state index contributed by atoms with van der Waals surface area (Å²) in [6.07, 6.45) is 6.52. The van der Waals surface area contributed by atoms with E-state index in [2.05, 4.69) is 9.97 Å². The Morgan fingerprint density at radius 1 is 1.41 bits per heavy atom. The fourth-order valence-electron chi connectivity index (χ4n) is 3.65. The van der Waals surface area contributed by atoms with Crippen LogP contribution in [0.25, 0.3) is 0 Å². The Morgan fingerprint density at radius 3 is 2.74 bits per heavy atom. The van der Waals surface area contributed by atoms with Gasteiger partial charge >= 0.3 is 6.09 Å². The number of carbonyl (C=O) groups is 2. The molecule has 1 aromatic rings. The van der Waals surface area contributed by atoms with E-state index in [1.165, 1.54) is 0 Å². The molecule has 0 aliphatic carbocycles. The third kappa shape index (κ3) is 6.06. The van der Waals surface area contributed by atoms with Crippen molar-refractivity contribution in [2.45, 2.75) is 77.5 Å². The first-order valence-corrected chi connectivity index (χ1v) is 9.76. The molecule has 0 spiro atoms. The third-order valence-corrected chi connectivity index (χ3v) is 4.97. The normalized spacial score (nSPS) is 19.7. The molecule has 2 rings (SSSR count). The molecule has 0 aromatic carbocycles. The summed E-state index contributed by atoms with van der Waals surface area (Å²) in [5.41, 5.74) is -0.542. The second kappa shape index (κ2) is 9.35. The molecule has 0 unspecified atom stereocenters. The van der Waals surface area contributed by atoms with Crippen LogP contribution in [0.4, 0.5) is 4.79 Å². The third-order valence-electron chi connectivity index (χ3n) is 4.97. The molecule has 0 radical (unpaired) electrons. The highest BCUT2D eigenvalue weighted by molar-refractivity contribution is 5.81. The standard InChI is InChI=1S/C20H33N3O4/c1-14(16(24)9-6-10-17-21-11-12-22-17)18(26-5)15-8-7-13-23(15)19(25)27-20(2,3)4/h11-12,14-15,18H,6-10,13H2,1-5H3,(H,21,22)/t14-,15-,18+/m0/s1. The summed E-state index contributed by atoms with van der Waals surface area (Å²) in [5, 5.41) is 0. The first kappa shape index (κ1) is 21.4. The molecule has 7 heteroatoms. The number of methoxy groups -OCH3 is 1. The number of hydrogen-bond donors (Lipinski definition) is 1. The van der Waals surface area contributed by atoms with Crippen LogP contribution >= 0.6 is 0 Å². The number of rotatable bonds is 8. The van der Waals surface area contributed by atoms with Crippen LogP contribution in [0.15, 0.2) is 12.4 Å². The predicted molar refractivity (Wildman–Crippen MR) is 102 cm³/mol. The zero-order valence-corrected chi connectivity index (χ0v) is 17.2. The Balaban J connectivity index is 1.94. The van der Waals surface area contributed by atoms with E-state index in [1.807, 2.05) is 27.7 Å². The van der Waals surface area contributed by atoms with E-state index in [0.717, 1.165) is 31.5 Å². The number of nitrogens with zero attached hydrogens (tertiary/aromatic N) is 2. The molecule has 1 aliphatic rings. The van der Waals surface area contributed by atoms with Gasteiger partial charge in [-0.25, -0.2) is 9.78 Å². The lowest BCUT2D eigenvalue weighted by molar-refractivity contribution is -0.128. The van der Waals surface area contributed by atoms with Crippen molar-refractivity contribution in [3.63, 3.8) is 0 Å². The lowest BCUT2D eigenvalue weighted by atomic mass is 9.90. The first-order chi connectivity index (χ1) is 12.7. The van der Waals surface area contributed by atoms with Crippen LogP contribution in [0.1, 0.15) is 59.2 Å². The summed E-state index contributed by atoms with van der Waals surface area (Å²) in [4.78, 5) is 34.2. The van der Waals surface area contributed by atoms with Crippen LogP contribution in [0.5, 0.6) is 0 Å². The molecule has 7 nitrogen and oxygen atoms in total. The molecule has 1 fully saturated rings. The molecule has 27 heavy (non-hydrogen) atoms. The van der Waals surface area contributed by atoms with Gasteiger partial charge in [-0.05, 0) is 40.0 Å². The van der Waals surface area contributed by atoms with E-state index in [4.69, 9.17) is 9.47 Å². The second-order valence-corrected chi connectivity index (χ2v) is 8.23. The van der Waals surface area contributed by atoms with Gasteiger partial charge in [0.25, 0.3) is 0 Å². The number of imidazole rings is 1. The summed E-state index contributed by atoms with van der Waals surface area (Å²) >= 11 is 0. The monoisotopic (exact) mass is 379 g/mol. The van der Waals surface area contributed by atoms with Crippen molar-refractivity contribution in [2.24, 2.45) is 5.92 Å².